The second kappa shape index (κ2) is 7.49. The van der Waals surface area contributed by atoms with E-state index in [9.17, 15) is 14.7 Å². The normalized spacial score (nSPS) is 12.0. The molecule has 0 aliphatic heterocycles. The van der Waals surface area contributed by atoms with Gasteiger partial charge in [-0.2, -0.15) is 0 Å². The van der Waals surface area contributed by atoms with Gasteiger partial charge in [0.05, 0.1) is 12.6 Å². The van der Waals surface area contributed by atoms with Gasteiger partial charge in [-0.15, -0.1) is 0 Å². The van der Waals surface area contributed by atoms with Crippen LogP contribution in [0.15, 0.2) is 24.3 Å². The molecule has 6 heteroatoms. The fourth-order valence-electron chi connectivity index (χ4n) is 1.53. The Balaban J connectivity index is 2.63. The first-order chi connectivity index (χ1) is 9.43. The molecule has 0 bridgehead atoms. The standard InChI is InChI=1S/C14H20N2O4/c1-9(2)12(7-17)16-14(19)10-3-5-11(6-4-10)20-8-13(15)18/h3-6,9,12,17H,7-8H2,1-2H3,(H2,15,18)(H,16,19). The van der Waals surface area contributed by atoms with Crippen LogP contribution in [0, 0.1) is 5.92 Å². The van der Waals surface area contributed by atoms with Crippen molar-refractivity contribution in [1.82, 2.24) is 5.32 Å². The summed E-state index contributed by atoms with van der Waals surface area (Å²) in [6.45, 7) is 3.53. The minimum Gasteiger partial charge on any atom is -0.484 e. The van der Waals surface area contributed by atoms with Crippen molar-refractivity contribution < 1.29 is 19.4 Å². The van der Waals surface area contributed by atoms with E-state index < -0.39 is 5.91 Å². The summed E-state index contributed by atoms with van der Waals surface area (Å²) >= 11 is 0. The molecule has 0 fully saturated rings. The lowest BCUT2D eigenvalue weighted by Crippen LogP contribution is -2.41. The summed E-state index contributed by atoms with van der Waals surface area (Å²) in [6.07, 6.45) is 0. The Kier molecular flexibility index (Phi) is 5.99. The first-order valence-corrected chi connectivity index (χ1v) is 6.37. The van der Waals surface area contributed by atoms with Gasteiger partial charge in [-0.05, 0) is 30.2 Å². The van der Waals surface area contributed by atoms with Crippen molar-refractivity contribution in [2.45, 2.75) is 19.9 Å². The van der Waals surface area contributed by atoms with Crippen LogP contribution in [0.3, 0.4) is 0 Å². The number of ether oxygens (including phenoxy) is 1. The topological polar surface area (TPSA) is 102 Å². The van der Waals surface area contributed by atoms with Gasteiger partial charge in [-0.25, -0.2) is 0 Å². The second-order valence-corrected chi connectivity index (χ2v) is 4.79. The lowest BCUT2D eigenvalue weighted by Gasteiger charge is -2.19. The Bertz CT molecular complexity index is 457. The molecule has 0 aromatic heterocycles. The molecule has 1 aromatic carbocycles. The van der Waals surface area contributed by atoms with Crippen molar-refractivity contribution in [2.75, 3.05) is 13.2 Å². The number of aliphatic hydroxyl groups excluding tert-OH is 1. The largest absolute Gasteiger partial charge is 0.484 e. The summed E-state index contributed by atoms with van der Waals surface area (Å²) in [7, 11) is 0. The molecule has 0 aliphatic carbocycles. The summed E-state index contributed by atoms with van der Waals surface area (Å²) in [4.78, 5) is 22.5. The molecule has 1 atom stereocenters. The van der Waals surface area contributed by atoms with Crippen molar-refractivity contribution in [3.05, 3.63) is 29.8 Å². The zero-order valence-corrected chi connectivity index (χ0v) is 11.6. The zero-order valence-electron chi connectivity index (χ0n) is 11.6. The number of nitrogens with one attached hydrogen (secondary N) is 1. The van der Waals surface area contributed by atoms with Gasteiger partial charge in [0.1, 0.15) is 5.75 Å². The maximum absolute atomic E-state index is 12.0. The SMILES string of the molecule is CC(C)C(CO)NC(=O)c1ccc(OCC(N)=O)cc1. The first-order valence-electron chi connectivity index (χ1n) is 6.37. The molecule has 1 unspecified atom stereocenters. The number of hydrogen-bond acceptors (Lipinski definition) is 4. The third kappa shape index (κ3) is 4.89. The maximum Gasteiger partial charge on any atom is 0.255 e. The Hall–Kier alpha value is -2.08. The van der Waals surface area contributed by atoms with Gasteiger partial charge in [0, 0.05) is 5.56 Å². The number of carbonyl (C=O) groups excluding carboxylic acids is 2. The molecule has 0 radical (unpaired) electrons. The number of rotatable bonds is 7. The average Bonchev–Trinajstić information content (AvgIpc) is 2.42. The minimum absolute atomic E-state index is 0.108. The van der Waals surface area contributed by atoms with Gasteiger partial charge < -0.3 is 20.9 Å². The summed E-state index contributed by atoms with van der Waals surface area (Å²) < 4.78 is 5.10. The van der Waals surface area contributed by atoms with E-state index in [4.69, 9.17) is 10.5 Å². The number of aliphatic hydroxyl groups is 1. The molecule has 0 saturated carbocycles. The minimum atomic E-state index is -0.561. The molecular weight excluding hydrogens is 260 g/mol. The second-order valence-electron chi connectivity index (χ2n) is 4.79. The van der Waals surface area contributed by atoms with Gasteiger partial charge in [0.25, 0.3) is 11.8 Å². The van der Waals surface area contributed by atoms with E-state index in [1.807, 2.05) is 13.8 Å². The molecule has 110 valence electrons. The highest BCUT2D eigenvalue weighted by Crippen LogP contribution is 2.12. The van der Waals surface area contributed by atoms with Gasteiger partial charge in [0.2, 0.25) is 0 Å². The summed E-state index contributed by atoms with van der Waals surface area (Å²) in [5.74, 6) is -0.223. The maximum atomic E-state index is 12.0. The van der Waals surface area contributed by atoms with Gasteiger partial charge in [0.15, 0.2) is 6.61 Å². The van der Waals surface area contributed by atoms with E-state index in [1.54, 1.807) is 24.3 Å². The number of primary amides is 1. The van der Waals surface area contributed by atoms with Crippen LogP contribution in [0.2, 0.25) is 0 Å². The number of nitrogens with two attached hydrogens (primary N) is 1. The summed E-state index contributed by atoms with van der Waals surface area (Å²) in [6, 6.07) is 6.05. The summed E-state index contributed by atoms with van der Waals surface area (Å²) in [5, 5.41) is 11.9. The van der Waals surface area contributed by atoms with E-state index in [-0.39, 0.29) is 31.1 Å². The zero-order chi connectivity index (χ0) is 15.1. The number of carbonyl (C=O) groups is 2. The lowest BCUT2D eigenvalue weighted by atomic mass is 10.0. The number of hydrogen-bond donors (Lipinski definition) is 3. The quantitative estimate of drug-likeness (QED) is 0.668. The predicted molar refractivity (Wildman–Crippen MR) is 74.3 cm³/mol. The van der Waals surface area contributed by atoms with Crippen LogP contribution in [0.4, 0.5) is 0 Å². The molecule has 1 aromatic rings. The molecule has 4 N–H and O–H groups in total. The van der Waals surface area contributed by atoms with Gasteiger partial charge >= 0.3 is 0 Å². The van der Waals surface area contributed by atoms with E-state index in [0.717, 1.165) is 0 Å². The van der Waals surface area contributed by atoms with Crippen LogP contribution >= 0.6 is 0 Å². The van der Waals surface area contributed by atoms with E-state index in [2.05, 4.69) is 5.32 Å². The average molecular weight is 280 g/mol. The smallest absolute Gasteiger partial charge is 0.255 e. The van der Waals surface area contributed by atoms with E-state index >= 15 is 0 Å². The third-order valence-corrected chi connectivity index (χ3v) is 2.82. The molecule has 0 heterocycles. The van der Waals surface area contributed by atoms with Gasteiger partial charge in [-0.3, -0.25) is 9.59 Å². The van der Waals surface area contributed by atoms with Crippen molar-refractivity contribution in [2.24, 2.45) is 11.7 Å². The Morgan fingerprint density at radius 1 is 1.30 bits per heavy atom. The number of benzene rings is 1. The molecule has 1 rings (SSSR count). The molecule has 6 nitrogen and oxygen atoms in total. The summed E-state index contributed by atoms with van der Waals surface area (Å²) in [5.41, 5.74) is 5.42. The van der Waals surface area contributed by atoms with E-state index in [1.165, 1.54) is 0 Å². The Labute approximate surface area is 117 Å². The monoisotopic (exact) mass is 280 g/mol. The van der Waals surface area contributed by atoms with Crippen LogP contribution < -0.4 is 15.8 Å². The fourth-order valence-corrected chi connectivity index (χ4v) is 1.53. The fraction of sp³-hybridized carbons (Fsp3) is 0.429. The van der Waals surface area contributed by atoms with Crippen molar-refractivity contribution in [3.63, 3.8) is 0 Å². The first kappa shape index (κ1) is 16.0. The van der Waals surface area contributed by atoms with Crippen molar-refractivity contribution in [3.8, 4) is 5.75 Å². The Morgan fingerprint density at radius 3 is 2.35 bits per heavy atom. The van der Waals surface area contributed by atoms with Crippen LogP contribution in [-0.4, -0.2) is 36.2 Å². The van der Waals surface area contributed by atoms with Crippen LogP contribution in [0.5, 0.6) is 5.75 Å². The molecule has 0 spiro atoms. The molecule has 2 amide bonds. The van der Waals surface area contributed by atoms with Crippen LogP contribution in [-0.2, 0) is 4.79 Å². The Morgan fingerprint density at radius 2 is 1.90 bits per heavy atom. The highest BCUT2D eigenvalue weighted by Gasteiger charge is 2.16. The lowest BCUT2D eigenvalue weighted by molar-refractivity contribution is -0.119. The van der Waals surface area contributed by atoms with Gasteiger partial charge in [-0.1, -0.05) is 13.8 Å². The molecular formula is C14H20N2O4. The predicted octanol–water partition coefficient (Wildman–Crippen LogP) is 0.297. The van der Waals surface area contributed by atoms with Crippen molar-refractivity contribution >= 4 is 11.8 Å². The van der Waals surface area contributed by atoms with E-state index in [0.29, 0.717) is 11.3 Å². The highest BCUT2D eigenvalue weighted by atomic mass is 16.5. The molecule has 20 heavy (non-hydrogen) atoms. The van der Waals surface area contributed by atoms with Crippen LogP contribution in [0.25, 0.3) is 0 Å². The number of amides is 2. The highest BCUT2D eigenvalue weighted by molar-refractivity contribution is 5.94. The van der Waals surface area contributed by atoms with Crippen molar-refractivity contribution in [1.29, 1.82) is 0 Å². The third-order valence-electron chi connectivity index (χ3n) is 2.82. The molecule has 0 aliphatic rings. The molecule has 0 saturated heterocycles. The van der Waals surface area contributed by atoms with Crippen LogP contribution in [0.1, 0.15) is 24.2 Å².